The Balaban J connectivity index is 2.00. The van der Waals surface area contributed by atoms with Crippen LogP contribution in [0.25, 0.3) is 0 Å². The van der Waals surface area contributed by atoms with Gasteiger partial charge in [-0.2, -0.15) is 0 Å². The number of nitrogens with zero attached hydrogens (tertiary/aromatic N) is 2. The third-order valence-corrected chi connectivity index (χ3v) is 10.8. The van der Waals surface area contributed by atoms with Crippen LogP contribution in [0.15, 0.2) is 65.4 Å². The minimum atomic E-state index is -3.88. The molecule has 0 spiro atoms. The first-order valence-corrected chi connectivity index (χ1v) is 18.6. The molecular formula is C35H45BrF2N4O5S. The van der Waals surface area contributed by atoms with Gasteiger partial charge >= 0.3 is 0 Å². The van der Waals surface area contributed by atoms with Gasteiger partial charge in [0.1, 0.15) is 17.7 Å². The number of aryl methyl sites for hydroxylation is 1. The monoisotopic (exact) mass is 750 g/mol. The van der Waals surface area contributed by atoms with E-state index in [-0.39, 0.29) is 30.6 Å². The van der Waals surface area contributed by atoms with Gasteiger partial charge in [-0.1, -0.05) is 57.9 Å². The Kier molecular flexibility index (Phi) is 15.1. The molecular weight excluding hydrogens is 706 g/mol. The maximum atomic E-state index is 14.4. The van der Waals surface area contributed by atoms with Crippen molar-refractivity contribution in [1.29, 1.82) is 0 Å². The highest BCUT2D eigenvalue weighted by molar-refractivity contribution is 9.10. The number of hydrogen-bond donors (Lipinski definition) is 3. The van der Waals surface area contributed by atoms with E-state index in [1.165, 1.54) is 23.4 Å². The number of hydrogen-bond acceptors (Lipinski definition) is 7. The number of carbonyl (C=O) groups excluding carboxylic acids is 2. The van der Waals surface area contributed by atoms with Gasteiger partial charge in [0.25, 0.3) is 5.91 Å². The molecule has 3 atom stereocenters. The van der Waals surface area contributed by atoms with Crippen LogP contribution in [0, 0.1) is 11.6 Å². The fourth-order valence-corrected chi connectivity index (χ4v) is 8.10. The summed E-state index contributed by atoms with van der Waals surface area (Å²) in [4.78, 5) is 33.1. The Morgan fingerprint density at radius 2 is 1.62 bits per heavy atom. The van der Waals surface area contributed by atoms with E-state index in [2.05, 4.69) is 26.2 Å². The Morgan fingerprint density at radius 3 is 2.23 bits per heavy atom. The molecule has 0 saturated carbocycles. The SMILES string of the molecule is CCCC(CCC)S(=O)(=O)C[C@@H](NC(=O)c1cncc(Br)c1)C(=O)N(Cc1cccc(CC)c1)C[C@@H](O)[C@@H](N)Cc1cc(F)cc(F)c1. The minimum Gasteiger partial charge on any atom is -0.390 e. The van der Waals surface area contributed by atoms with Crippen LogP contribution in [-0.2, 0) is 34.0 Å². The van der Waals surface area contributed by atoms with Gasteiger partial charge < -0.3 is 21.1 Å². The summed E-state index contributed by atoms with van der Waals surface area (Å²) in [5.74, 6) is -3.65. The summed E-state index contributed by atoms with van der Waals surface area (Å²) < 4.78 is 55.8. The van der Waals surface area contributed by atoms with Crippen molar-refractivity contribution in [3.8, 4) is 0 Å². The number of pyridine rings is 1. The predicted octanol–water partition coefficient (Wildman–Crippen LogP) is 5.13. The quantitative estimate of drug-likeness (QED) is 0.164. The van der Waals surface area contributed by atoms with Gasteiger partial charge in [-0.05, 0) is 76.5 Å². The molecule has 0 bridgehead atoms. The van der Waals surface area contributed by atoms with Crippen molar-refractivity contribution in [3.63, 3.8) is 0 Å². The van der Waals surface area contributed by atoms with Crippen molar-refractivity contribution >= 4 is 37.6 Å². The molecule has 0 aliphatic heterocycles. The van der Waals surface area contributed by atoms with E-state index in [1.807, 2.05) is 39.0 Å². The number of aliphatic hydroxyl groups is 1. The summed E-state index contributed by atoms with van der Waals surface area (Å²) in [5.41, 5.74) is 8.34. The third kappa shape index (κ3) is 11.7. The van der Waals surface area contributed by atoms with Crippen LogP contribution in [0.5, 0.6) is 0 Å². The van der Waals surface area contributed by atoms with Gasteiger partial charge in [-0.15, -0.1) is 0 Å². The van der Waals surface area contributed by atoms with Crippen LogP contribution < -0.4 is 11.1 Å². The van der Waals surface area contributed by atoms with Crippen molar-refractivity contribution < 1.29 is 31.9 Å². The van der Waals surface area contributed by atoms with E-state index in [0.29, 0.717) is 30.2 Å². The number of benzene rings is 2. The smallest absolute Gasteiger partial charge is 0.253 e. The summed E-state index contributed by atoms with van der Waals surface area (Å²) in [5, 5.41) is 13.2. The maximum Gasteiger partial charge on any atom is 0.253 e. The molecule has 0 unspecified atom stereocenters. The number of aromatic nitrogens is 1. The van der Waals surface area contributed by atoms with Gasteiger partial charge in [0.2, 0.25) is 5.91 Å². The summed E-state index contributed by atoms with van der Waals surface area (Å²) in [6.07, 6.45) is 4.11. The number of aliphatic hydroxyl groups excluding tert-OH is 1. The molecule has 2 aromatic carbocycles. The van der Waals surface area contributed by atoms with E-state index in [0.717, 1.165) is 35.7 Å². The topological polar surface area (TPSA) is 143 Å². The van der Waals surface area contributed by atoms with Crippen LogP contribution in [-0.4, -0.2) is 71.0 Å². The Bertz CT molecular complexity index is 1620. The number of sulfone groups is 1. The van der Waals surface area contributed by atoms with Crippen LogP contribution in [0.1, 0.15) is 73.5 Å². The number of rotatable bonds is 18. The second-order valence-corrected chi connectivity index (χ2v) is 15.3. The van der Waals surface area contributed by atoms with E-state index in [9.17, 15) is 31.9 Å². The highest BCUT2D eigenvalue weighted by Crippen LogP contribution is 2.20. The highest BCUT2D eigenvalue weighted by Gasteiger charge is 2.36. The normalized spacial score (nSPS) is 13.6. The van der Waals surface area contributed by atoms with Crippen molar-refractivity contribution in [3.05, 3.63) is 99.3 Å². The number of carbonyl (C=O) groups is 2. The van der Waals surface area contributed by atoms with E-state index >= 15 is 0 Å². The van der Waals surface area contributed by atoms with Gasteiger partial charge in [0.15, 0.2) is 9.84 Å². The molecule has 262 valence electrons. The maximum absolute atomic E-state index is 14.4. The van der Waals surface area contributed by atoms with Crippen LogP contribution >= 0.6 is 15.9 Å². The van der Waals surface area contributed by atoms with E-state index < -0.39 is 62.5 Å². The zero-order valence-electron chi connectivity index (χ0n) is 27.5. The zero-order chi connectivity index (χ0) is 35.4. The first-order chi connectivity index (χ1) is 22.8. The molecule has 4 N–H and O–H groups in total. The Labute approximate surface area is 290 Å². The highest BCUT2D eigenvalue weighted by atomic mass is 79.9. The number of nitrogens with two attached hydrogens (primary N) is 1. The number of amides is 2. The molecule has 0 radical (unpaired) electrons. The lowest BCUT2D eigenvalue weighted by molar-refractivity contribution is -0.135. The number of nitrogens with one attached hydrogen (secondary N) is 1. The van der Waals surface area contributed by atoms with Gasteiger partial charge in [0.05, 0.1) is 22.7 Å². The van der Waals surface area contributed by atoms with E-state index in [1.54, 1.807) is 6.07 Å². The minimum absolute atomic E-state index is 0.0245. The van der Waals surface area contributed by atoms with Gasteiger partial charge in [-0.3, -0.25) is 14.6 Å². The van der Waals surface area contributed by atoms with Crippen molar-refractivity contribution in [2.75, 3.05) is 12.3 Å². The molecule has 1 aromatic heterocycles. The molecule has 9 nitrogen and oxygen atoms in total. The van der Waals surface area contributed by atoms with Crippen molar-refractivity contribution in [2.24, 2.45) is 5.73 Å². The molecule has 3 aromatic rings. The standard InChI is InChI=1S/C35H45BrF2N4O5S/c1-4-8-30(9-5-2)48(46,47)22-32(41-34(44)26-16-27(36)19-40-18-26)35(45)42(20-24-11-7-10-23(6-3)12-24)21-33(43)31(39)15-25-13-28(37)17-29(38)14-25/h7,10-14,16-19,30-33,43H,4-6,8-9,15,20-22,39H2,1-3H3,(H,41,44)/t31-,32+,33+/m0/s1. The van der Waals surface area contributed by atoms with Crippen LogP contribution in [0.2, 0.25) is 0 Å². The van der Waals surface area contributed by atoms with Gasteiger partial charge in [-0.25, -0.2) is 17.2 Å². The Morgan fingerprint density at radius 1 is 0.979 bits per heavy atom. The molecule has 48 heavy (non-hydrogen) atoms. The summed E-state index contributed by atoms with van der Waals surface area (Å²) >= 11 is 3.28. The molecule has 3 rings (SSSR count). The molecule has 1 heterocycles. The summed E-state index contributed by atoms with van der Waals surface area (Å²) in [6.45, 7) is 5.39. The molecule has 0 fully saturated rings. The molecule has 0 aliphatic carbocycles. The van der Waals surface area contributed by atoms with Crippen molar-refractivity contribution in [1.82, 2.24) is 15.2 Å². The second kappa shape index (κ2) is 18.5. The molecule has 0 saturated heterocycles. The van der Waals surface area contributed by atoms with E-state index in [4.69, 9.17) is 5.73 Å². The average molecular weight is 752 g/mol. The summed E-state index contributed by atoms with van der Waals surface area (Å²) in [6, 6.07) is 9.39. The molecule has 2 amide bonds. The Hall–Kier alpha value is -3.26. The van der Waals surface area contributed by atoms with Crippen molar-refractivity contribution in [2.45, 2.75) is 89.3 Å². The fraction of sp³-hybridized carbons (Fsp3) is 0.457. The summed E-state index contributed by atoms with van der Waals surface area (Å²) in [7, 11) is -3.88. The largest absolute Gasteiger partial charge is 0.390 e. The van der Waals surface area contributed by atoms with Crippen LogP contribution in [0.4, 0.5) is 8.78 Å². The lowest BCUT2D eigenvalue weighted by Gasteiger charge is -2.32. The average Bonchev–Trinajstić information content (AvgIpc) is 3.03. The predicted molar refractivity (Wildman–Crippen MR) is 186 cm³/mol. The zero-order valence-corrected chi connectivity index (χ0v) is 29.9. The lowest BCUT2D eigenvalue weighted by atomic mass is 10.0. The first kappa shape index (κ1) is 39.2. The fourth-order valence-electron chi connectivity index (χ4n) is 5.59. The third-order valence-electron chi connectivity index (χ3n) is 8.08. The van der Waals surface area contributed by atoms with Gasteiger partial charge in [0, 0.05) is 42.1 Å². The lowest BCUT2D eigenvalue weighted by Crippen LogP contribution is -2.55. The molecule has 0 aliphatic rings. The van der Waals surface area contributed by atoms with Crippen LogP contribution in [0.3, 0.4) is 0 Å². The first-order valence-electron chi connectivity index (χ1n) is 16.1. The number of halogens is 3. The second-order valence-electron chi connectivity index (χ2n) is 12.1. The molecule has 13 heteroatoms.